The van der Waals surface area contributed by atoms with Gasteiger partial charge >= 0.3 is 7.69 Å². The minimum absolute atomic E-state index is 0.364. The van der Waals surface area contributed by atoms with Crippen molar-refractivity contribution in [1.29, 1.82) is 0 Å². The fraction of sp³-hybridized carbons (Fsp3) is 0. The quantitative estimate of drug-likeness (QED) is 0.357. The molecule has 4 aromatic carbocycles. The molecule has 0 spiro atoms. The largest absolute Gasteiger partial charge is 0.539 e. The second-order valence-electron chi connectivity index (χ2n) is 7.97. The summed E-state index contributed by atoms with van der Waals surface area (Å²) in [6.45, 7) is 0. The van der Waals surface area contributed by atoms with Gasteiger partial charge in [-0.1, -0.05) is 78.9 Å². The van der Waals surface area contributed by atoms with Crippen LogP contribution in [0.25, 0.3) is 50.3 Å². The lowest BCUT2D eigenvalue weighted by Crippen LogP contribution is -2.02. The predicted molar refractivity (Wildman–Crippen MR) is 137 cm³/mol. The van der Waals surface area contributed by atoms with E-state index in [2.05, 4.69) is 28.8 Å². The van der Waals surface area contributed by atoms with Gasteiger partial charge in [0.2, 0.25) is 0 Å². The normalized spacial score (nSPS) is 11.1. The maximum atomic E-state index is 9.22. The molecule has 0 aliphatic rings. The molecule has 2 aromatic heterocycles. The zero-order valence-corrected chi connectivity index (χ0v) is 18.3. The first-order chi connectivity index (χ1) is 16.8. The van der Waals surface area contributed by atoms with E-state index < -0.39 is 0 Å². The standard InChI is InChI=1S/C28H20BN3O2/c33-29-34-21-15-16-26-23(17-21)22-13-7-8-14-25(22)32(26)27-18-24(19-9-3-1-4-10-19)30-28(31-27)20-11-5-2-6-12-20/h1-18,29,33H. The molecule has 6 aromatic rings. The Morgan fingerprint density at radius 2 is 1.32 bits per heavy atom. The highest BCUT2D eigenvalue weighted by atomic mass is 16.5. The van der Waals surface area contributed by atoms with Crippen molar-refractivity contribution < 1.29 is 9.68 Å². The Hall–Kier alpha value is -4.42. The summed E-state index contributed by atoms with van der Waals surface area (Å²) < 4.78 is 7.51. The van der Waals surface area contributed by atoms with Crippen LogP contribution in [0.4, 0.5) is 0 Å². The molecule has 0 aliphatic carbocycles. The summed E-state index contributed by atoms with van der Waals surface area (Å²) in [5, 5.41) is 11.3. The monoisotopic (exact) mass is 441 g/mol. The molecule has 162 valence electrons. The summed E-state index contributed by atoms with van der Waals surface area (Å²) in [6.07, 6.45) is 0. The molecule has 0 bridgehead atoms. The molecule has 5 nitrogen and oxygen atoms in total. The molecule has 6 rings (SSSR count). The Morgan fingerprint density at radius 1 is 0.647 bits per heavy atom. The van der Waals surface area contributed by atoms with Crippen molar-refractivity contribution in [3.63, 3.8) is 0 Å². The van der Waals surface area contributed by atoms with Crippen LogP contribution in [0.3, 0.4) is 0 Å². The molecule has 0 unspecified atom stereocenters. The van der Waals surface area contributed by atoms with Gasteiger partial charge in [-0.3, -0.25) is 4.57 Å². The first kappa shape index (κ1) is 20.2. The lowest BCUT2D eigenvalue weighted by Gasteiger charge is -2.12. The number of hydrogen-bond donors (Lipinski definition) is 1. The number of benzene rings is 4. The van der Waals surface area contributed by atoms with Gasteiger partial charge in [-0.25, -0.2) is 9.97 Å². The van der Waals surface area contributed by atoms with Crippen LogP contribution in [0.15, 0.2) is 109 Å². The highest BCUT2D eigenvalue weighted by molar-refractivity contribution is 6.17. The smallest absolute Gasteiger partial charge is 0.504 e. The molecule has 2 heterocycles. The first-order valence-electron chi connectivity index (χ1n) is 11.1. The van der Waals surface area contributed by atoms with Gasteiger partial charge in [-0.2, -0.15) is 0 Å². The van der Waals surface area contributed by atoms with E-state index in [1.54, 1.807) is 0 Å². The van der Waals surface area contributed by atoms with Crippen molar-refractivity contribution in [3.8, 4) is 34.2 Å². The summed E-state index contributed by atoms with van der Waals surface area (Å²) in [4.78, 5) is 9.92. The molecule has 34 heavy (non-hydrogen) atoms. The van der Waals surface area contributed by atoms with Crippen LogP contribution in [0.2, 0.25) is 0 Å². The van der Waals surface area contributed by atoms with E-state index in [4.69, 9.17) is 14.6 Å². The molecule has 0 saturated carbocycles. The third-order valence-electron chi connectivity index (χ3n) is 5.92. The van der Waals surface area contributed by atoms with Gasteiger partial charge in [0.25, 0.3) is 0 Å². The molecule has 0 atom stereocenters. The number of fused-ring (bicyclic) bond motifs is 3. The molecular weight excluding hydrogens is 421 g/mol. The summed E-state index contributed by atoms with van der Waals surface area (Å²) in [6, 6.07) is 36.3. The van der Waals surface area contributed by atoms with E-state index >= 15 is 0 Å². The first-order valence-corrected chi connectivity index (χ1v) is 11.1. The highest BCUT2D eigenvalue weighted by Crippen LogP contribution is 2.35. The molecule has 0 aliphatic heterocycles. The second kappa shape index (κ2) is 8.50. The van der Waals surface area contributed by atoms with E-state index in [0.717, 1.165) is 44.4 Å². The number of nitrogens with zero attached hydrogens (tertiary/aromatic N) is 3. The number of para-hydroxylation sites is 1. The van der Waals surface area contributed by atoms with Gasteiger partial charge in [0.1, 0.15) is 11.6 Å². The van der Waals surface area contributed by atoms with Crippen molar-refractivity contribution in [2.45, 2.75) is 0 Å². The van der Waals surface area contributed by atoms with Gasteiger partial charge in [0.05, 0.1) is 16.7 Å². The van der Waals surface area contributed by atoms with Crippen molar-refractivity contribution >= 4 is 29.5 Å². The summed E-state index contributed by atoms with van der Waals surface area (Å²) >= 11 is 0. The third kappa shape index (κ3) is 3.50. The van der Waals surface area contributed by atoms with Crippen LogP contribution in [-0.2, 0) is 0 Å². The molecule has 6 heteroatoms. The van der Waals surface area contributed by atoms with Gasteiger partial charge in [0.15, 0.2) is 5.82 Å². The lowest BCUT2D eigenvalue weighted by atomic mass is 10.1. The van der Waals surface area contributed by atoms with Crippen molar-refractivity contribution in [1.82, 2.24) is 14.5 Å². The number of rotatable bonds is 5. The highest BCUT2D eigenvalue weighted by Gasteiger charge is 2.16. The zero-order chi connectivity index (χ0) is 22.9. The fourth-order valence-electron chi connectivity index (χ4n) is 4.39. The Kier molecular flexibility index (Phi) is 5.05. The predicted octanol–water partition coefficient (Wildman–Crippen LogP) is 5.55. The average molecular weight is 441 g/mol. The summed E-state index contributed by atoms with van der Waals surface area (Å²) in [7, 11) is -0.364. The molecule has 1 N–H and O–H groups in total. The van der Waals surface area contributed by atoms with E-state index in [-0.39, 0.29) is 7.69 Å². The minimum Gasteiger partial charge on any atom is -0.539 e. The van der Waals surface area contributed by atoms with Crippen LogP contribution in [0, 0.1) is 0 Å². The van der Waals surface area contributed by atoms with E-state index in [1.165, 1.54) is 0 Å². The second-order valence-corrected chi connectivity index (χ2v) is 7.97. The van der Waals surface area contributed by atoms with E-state index in [0.29, 0.717) is 11.6 Å². The van der Waals surface area contributed by atoms with Gasteiger partial charge in [-0.05, 0) is 24.3 Å². The van der Waals surface area contributed by atoms with Crippen LogP contribution in [0.5, 0.6) is 5.75 Å². The maximum absolute atomic E-state index is 9.22. The van der Waals surface area contributed by atoms with E-state index in [9.17, 15) is 5.02 Å². The van der Waals surface area contributed by atoms with Crippen molar-refractivity contribution in [3.05, 3.63) is 109 Å². The lowest BCUT2D eigenvalue weighted by molar-refractivity contribution is 0.454. The van der Waals surface area contributed by atoms with Crippen LogP contribution in [-0.4, -0.2) is 27.2 Å². The number of hydrogen-bond acceptors (Lipinski definition) is 4. The Morgan fingerprint density at radius 3 is 2.09 bits per heavy atom. The van der Waals surface area contributed by atoms with Gasteiger partial charge < -0.3 is 9.68 Å². The Bertz CT molecular complexity index is 1560. The minimum atomic E-state index is -0.364. The summed E-state index contributed by atoms with van der Waals surface area (Å²) in [5.74, 6) is 2.08. The third-order valence-corrected chi connectivity index (χ3v) is 5.92. The molecule has 0 saturated heterocycles. The summed E-state index contributed by atoms with van der Waals surface area (Å²) in [5.41, 5.74) is 4.89. The molecule has 0 radical (unpaired) electrons. The van der Waals surface area contributed by atoms with Gasteiger partial charge in [0, 0.05) is 28.0 Å². The van der Waals surface area contributed by atoms with Crippen molar-refractivity contribution in [2.24, 2.45) is 0 Å². The number of aromatic nitrogens is 3. The van der Waals surface area contributed by atoms with E-state index in [1.807, 2.05) is 84.9 Å². The maximum Gasteiger partial charge on any atom is 0.504 e. The molecular formula is C28H20BN3O2. The van der Waals surface area contributed by atoms with Crippen LogP contribution >= 0.6 is 0 Å². The van der Waals surface area contributed by atoms with Crippen LogP contribution in [0.1, 0.15) is 0 Å². The SMILES string of the molecule is OBOc1ccc2c(c1)c1ccccc1n2-c1cc(-c2ccccc2)nc(-c2ccccc2)n1. The fourth-order valence-corrected chi connectivity index (χ4v) is 4.39. The average Bonchev–Trinajstić information content (AvgIpc) is 3.23. The van der Waals surface area contributed by atoms with Gasteiger partial charge in [-0.15, -0.1) is 0 Å². The van der Waals surface area contributed by atoms with Crippen LogP contribution < -0.4 is 4.65 Å². The Labute approximate surface area is 197 Å². The zero-order valence-electron chi connectivity index (χ0n) is 18.3. The molecule has 0 amide bonds. The van der Waals surface area contributed by atoms with Crippen molar-refractivity contribution in [2.75, 3.05) is 0 Å². The Balaban J connectivity index is 1.66. The molecule has 0 fully saturated rings. The topological polar surface area (TPSA) is 60.2 Å².